The first-order valence-electron chi connectivity index (χ1n) is 6.22. The van der Waals surface area contributed by atoms with Gasteiger partial charge in [-0.15, -0.1) is 17.9 Å². The summed E-state index contributed by atoms with van der Waals surface area (Å²) in [5.74, 6) is -0.0650. The Labute approximate surface area is 130 Å². The van der Waals surface area contributed by atoms with E-state index in [4.69, 9.17) is 0 Å². The molecule has 21 heavy (non-hydrogen) atoms. The quantitative estimate of drug-likeness (QED) is 0.695. The van der Waals surface area contributed by atoms with Crippen molar-refractivity contribution in [2.24, 2.45) is 4.99 Å². The predicted octanol–water partition coefficient (Wildman–Crippen LogP) is 3.26. The molecule has 0 aromatic carbocycles. The van der Waals surface area contributed by atoms with Crippen molar-refractivity contribution < 1.29 is 4.79 Å². The summed E-state index contributed by atoms with van der Waals surface area (Å²) in [6.07, 6.45) is 7.03. The van der Waals surface area contributed by atoms with Gasteiger partial charge < -0.3 is 4.98 Å². The van der Waals surface area contributed by atoms with Gasteiger partial charge in [-0.2, -0.15) is 4.99 Å². The molecule has 1 aliphatic heterocycles. The van der Waals surface area contributed by atoms with E-state index in [-0.39, 0.29) is 5.91 Å². The molecule has 7 heteroatoms. The van der Waals surface area contributed by atoms with E-state index < -0.39 is 0 Å². The van der Waals surface area contributed by atoms with E-state index in [1.807, 2.05) is 29.8 Å². The number of thiazole rings is 1. The molecule has 0 saturated carbocycles. The number of carbonyl (C=O) groups excluding carboxylic acids is 1. The first-order valence-corrected chi connectivity index (χ1v) is 7.91. The van der Waals surface area contributed by atoms with Gasteiger partial charge in [-0.05, 0) is 30.0 Å². The van der Waals surface area contributed by atoms with Gasteiger partial charge in [0.05, 0.1) is 4.91 Å². The molecular formula is C14H12N4OS2. The van der Waals surface area contributed by atoms with Crippen molar-refractivity contribution in [1.29, 1.82) is 0 Å². The van der Waals surface area contributed by atoms with E-state index in [0.717, 1.165) is 5.69 Å². The van der Waals surface area contributed by atoms with Gasteiger partial charge in [-0.1, -0.05) is 6.08 Å². The number of H-pyrrole nitrogens is 1. The van der Waals surface area contributed by atoms with Crippen LogP contribution in [0.1, 0.15) is 5.69 Å². The van der Waals surface area contributed by atoms with Gasteiger partial charge in [0.15, 0.2) is 5.17 Å². The van der Waals surface area contributed by atoms with E-state index in [0.29, 0.717) is 21.7 Å². The SMILES string of the molecule is C=CCN1C(=O)/C(=C\c2ccc[nH]2)S/C1=N/c1nccs1. The molecule has 2 aromatic rings. The highest BCUT2D eigenvalue weighted by molar-refractivity contribution is 8.18. The monoisotopic (exact) mass is 316 g/mol. The molecule has 1 aliphatic rings. The highest BCUT2D eigenvalue weighted by Gasteiger charge is 2.32. The third-order valence-corrected chi connectivity index (χ3v) is 4.39. The Balaban J connectivity index is 1.93. The molecule has 0 aliphatic carbocycles. The van der Waals surface area contributed by atoms with Crippen LogP contribution in [0.5, 0.6) is 0 Å². The Morgan fingerprint density at radius 2 is 2.43 bits per heavy atom. The Kier molecular flexibility index (Phi) is 4.03. The van der Waals surface area contributed by atoms with Gasteiger partial charge in [-0.25, -0.2) is 4.98 Å². The Morgan fingerprint density at radius 3 is 3.10 bits per heavy atom. The molecule has 0 bridgehead atoms. The molecule has 3 rings (SSSR count). The number of thioether (sulfide) groups is 1. The van der Waals surface area contributed by atoms with E-state index in [1.165, 1.54) is 23.1 Å². The number of rotatable bonds is 4. The maximum atomic E-state index is 12.4. The fraction of sp³-hybridized carbons (Fsp3) is 0.0714. The zero-order chi connectivity index (χ0) is 14.7. The second kappa shape index (κ2) is 6.11. The average Bonchev–Trinajstić information content (AvgIpc) is 3.19. The Hall–Kier alpha value is -2.12. The molecule has 1 amide bonds. The minimum Gasteiger partial charge on any atom is -0.362 e. The van der Waals surface area contributed by atoms with Crippen LogP contribution in [0.15, 0.2) is 52.5 Å². The summed E-state index contributed by atoms with van der Waals surface area (Å²) in [7, 11) is 0. The summed E-state index contributed by atoms with van der Waals surface area (Å²) in [5.41, 5.74) is 0.889. The van der Waals surface area contributed by atoms with E-state index in [1.54, 1.807) is 17.2 Å². The van der Waals surface area contributed by atoms with Crippen LogP contribution >= 0.6 is 23.1 Å². The molecule has 1 saturated heterocycles. The standard InChI is InChI=1S/C14H12N4OS2/c1-2-7-18-12(19)11(9-10-4-3-5-15-10)21-14(18)17-13-16-6-8-20-13/h2-6,8-9,15H,1,7H2/b11-9+,17-14+. The maximum Gasteiger partial charge on any atom is 0.267 e. The minimum atomic E-state index is -0.0650. The Morgan fingerprint density at radius 1 is 1.52 bits per heavy atom. The van der Waals surface area contributed by atoms with Crippen LogP contribution in [-0.4, -0.2) is 32.5 Å². The van der Waals surface area contributed by atoms with Crippen molar-refractivity contribution in [2.45, 2.75) is 0 Å². The lowest BCUT2D eigenvalue weighted by atomic mass is 10.3. The number of amides is 1. The largest absolute Gasteiger partial charge is 0.362 e. The summed E-state index contributed by atoms with van der Waals surface area (Å²) in [6, 6.07) is 3.80. The summed E-state index contributed by atoms with van der Waals surface area (Å²) in [6.45, 7) is 4.12. The van der Waals surface area contributed by atoms with Crippen LogP contribution in [0, 0.1) is 0 Å². The van der Waals surface area contributed by atoms with Gasteiger partial charge in [-0.3, -0.25) is 9.69 Å². The van der Waals surface area contributed by atoms with Crippen LogP contribution in [0.25, 0.3) is 6.08 Å². The zero-order valence-electron chi connectivity index (χ0n) is 11.0. The predicted molar refractivity (Wildman–Crippen MR) is 87.5 cm³/mol. The first kappa shape index (κ1) is 13.8. The maximum absolute atomic E-state index is 12.4. The lowest BCUT2D eigenvalue weighted by molar-refractivity contribution is -0.121. The van der Waals surface area contributed by atoms with Crippen molar-refractivity contribution in [3.8, 4) is 0 Å². The number of aromatic nitrogens is 2. The van der Waals surface area contributed by atoms with Gasteiger partial charge in [0.25, 0.3) is 5.91 Å². The molecule has 0 radical (unpaired) electrons. The number of carbonyl (C=O) groups is 1. The number of hydrogen-bond acceptors (Lipinski definition) is 5. The zero-order valence-corrected chi connectivity index (χ0v) is 12.7. The number of aromatic amines is 1. The van der Waals surface area contributed by atoms with Gasteiger partial charge >= 0.3 is 0 Å². The second-order valence-electron chi connectivity index (χ2n) is 4.15. The smallest absolute Gasteiger partial charge is 0.267 e. The lowest BCUT2D eigenvalue weighted by Gasteiger charge is -2.11. The molecule has 3 heterocycles. The number of hydrogen-bond donors (Lipinski definition) is 1. The van der Waals surface area contributed by atoms with Gasteiger partial charge in [0.2, 0.25) is 5.13 Å². The number of nitrogens with zero attached hydrogens (tertiary/aromatic N) is 3. The van der Waals surface area contributed by atoms with Crippen LogP contribution in [0.2, 0.25) is 0 Å². The molecule has 0 spiro atoms. The molecule has 5 nitrogen and oxygen atoms in total. The van der Waals surface area contributed by atoms with Crippen molar-refractivity contribution in [1.82, 2.24) is 14.9 Å². The summed E-state index contributed by atoms with van der Waals surface area (Å²) in [4.78, 5) is 26.3. The fourth-order valence-corrected chi connectivity index (χ4v) is 3.35. The van der Waals surface area contributed by atoms with E-state index >= 15 is 0 Å². The molecule has 1 N–H and O–H groups in total. The number of amidine groups is 1. The topological polar surface area (TPSA) is 61.4 Å². The molecule has 0 atom stereocenters. The van der Waals surface area contributed by atoms with E-state index in [2.05, 4.69) is 21.5 Å². The fourth-order valence-electron chi connectivity index (χ4n) is 1.81. The summed E-state index contributed by atoms with van der Waals surface area (Å²) >= 11 is 2.79. The summed E-state index contributed by atoms with van der Waals surface area (Å²) < 4.78 is 0. The Bertz CT molecular complexity index is 701. The highest BCUT2D eigenvalue weighted by Crippen LogP contribution is 2.34. The average molecular weight is 316 g/mol. The molecule has 2 aromatic heterocycles. The van der Waals surface area contributed by atoms with Crippen LogP contribution in [0.4, 0.5) is 5.13 Å². The van der Waals surface area contributed by atoms with Crippen molar-refractivity contribution in [2.75, 3.05) is 6.54 Å². The third kappa shape index (κ3) is 2.98. The van der Waals surface area contributed by atoms with Crippen LogP contribution in [-0.2, 0) is 4.79 Å². The molecule has 106 valence electrons. The lowest BCUT2D eigenvalue weighted by Crippen LogP contribution is -2.29. The second-order valence-corrected chi connectivity index (χ2v) is 6.03. The van der Waals surface area contributed by atoms with Gasteiger partial charge in [0, 0.05) is 30.0 Å². The van der Waals surface area contributed by atoms with Crippen molar-refractivity contribution in [3.05, 3.63) is 53.2 Å². The first-order chi connectivity index (χ1) is 10.3. The van der Waals surface area contributed by atoms with Crippen molar-refractivity contribution in [3.63, 3.8) is 0 Å². The normalized spacial score (nSPS) is 18.9. The third-order valence-electron chi connectivity index (χ3n) is 2.72. The summed E-state index contributed by atoms with van der Waals surface area (Å²) in [5, 5.41) is 3.13. The number of nitrogens with one attached hydrogen (secondary N) is 1. The number of aliphatic imine (C=N–C) groups is 1. The molecular weight excluding hydrogens is 304 g/mol. The van der Waals surface area contributed by atoms with Crippen molar-refractivity contribution >= 4 is 45.4 Å². The van der Waals surface area contributed by atoms with Crippen LogP contribution < -0.4 is 0 Å². The molecule has 0 unspecified atom stereocenters. The van der Waals surface area contributed by atoms with Gasteiger partial charge in [0.1, 0.15) is 0 Å². The van der Waals surface area contributed by atoms with Crippen LogP contribution in [0.3, 0.4) is 0 Å². The van der Waals surface area contributed by atoms with E-state index in [9.17, 15) is 4.79 Å². The molecule has 1 fully saturated rings. The highest BCUT2D eigenvalue weighted by atomic mass is 32.2. The minimum absolute atomic E-state index is 0.0650.